The highest BCUT2D eigenvalue weighted by Crippen LogP contribution is 2.60. The maximum Gasteiger partial charge on any atom is 0.306 e. The standard InChI is InChI=1S/C33H31N3O6/c37-25(34-35-31(39)20-11-3-1-4-12-20)19-42-26(38)17-5-2-10-18-36-32(40)29-27-21-13-6-7-14-22(21)28(30(29)33(36)41)24-16-9-8-15-23(24)27/h1,3-4,6-9,11-16,27-30H,2,5,10,17-19H2,(H,34,37)(H,35,39)/t27?,28?,29-,30+. The van der Waals surface area contributed by atoms with Gasteiger partial charge in [-0.3, -0.25) is 39.7 Å². The van der Waals surface area contributed by atoms with Crippen LogP contribution in [0, 0.1) is 11.8 Å². The van der Waals surface area contributed by atoms with Crippen molar-refractivity contribution in [3.8, 4) is 0 Å². The van der Waals surface area contributed by atoms with Gasteiger partial charge in [0.15, 0.2) is 6.61 Å². The summed E-state index contributed by atoms with van der Waals surface area (Å²) in [6.45, 7) is -0.198. The number of hydrogen-bond donors (Lipinski definition) is 2. The Morgan fingerprint density at radius 3 is 1.74 bits per heavy atom. The molecule has 214 valence electrons. The van der Waals surface area contributed by atoms with E-state index < -0.39 is 24.4 Å². The Labute approximate surface area is 243 Å². The van der Waals surface area contributed by atoms with Crippen molar-refractivity contribution in [2.75, 3.05) is 13.2 Å². The van der Waals surface area contributed by atoms with Gasteiger partial charge in [-0.1, -0.05) is 73.2 Å². The number of carbonyl (C=O) groups excluding carboxylic acids is 5. The highest BCUT2D eigenvalue weighted by atomic mass is 16.5. The molecule has 3 aromatic rings. The van der Waals surface area contributed by atoms with Crippen molar-refractivity contribution >= 4 is 29.6 Å². The van der Waals surface area contributed by atoms with Crippen LogP contribution in [0.15, 0.2) is 78.9 Å². The van der Waals surface area contributed by atoms with E-state index >= 15 is 0 Å². The number of rotatable bonds is 9. The lowest BCUT2D eigenvalue weighted by Crippen LogP contribution is -2.43. The van der Waals surface area contributed by atoms with Gasteiger partial charge in [0.05, 0.1) is 11.8 Å². The Morgan fingerprint density at radius 1 is 0.667 bits per heavy atom. The second-order valence-corrected chi connectivity index (χ2v) is 10.9. The Hall–Kier alpha value is -4.79. The molecular weight excluding hydrogens is 534 g/mol. The van der Waals surface area contributed by atoms with Crippen LogP contribution in [0.3, 0.4) is 0 Å². The number of esters is 1. The van der Waals surface area contributed by atoms with Crippen LogP contribution in [0.4, 0.5) is 0 Å². The number of unbranched alkanes of at least 4 members (excludes halogenated alkanes) is 2. The lowest BCUT2D eigenvalue weighted by molar-refractivity contribution is -0.148. The maximum atomic E-state index is 13.6. The molecule has 1 fully saturated rings. The van der Waals surface area contributed by atoms with Gasteiger partial charge in [0.2, 0.25) is 11.8 Å². The molecule has 4 aliphatic rings. The summed E-state index contributed by atoms with van der Waals surface area (Å²) >= 11 is 0. The molecule has 42 heavy (non-hydrogen) atoms. The van der Waals surface area contributed by atoms with E-state index in [2.05, 4.69) is 35.1 Å². The molecule has 7 rings (SSSR count). The van der Waals surface area contributed by atoms with Gasteiger partial charge in [0, 0.05) is 30.4 Å². The first-order valence-corrected chi connectivity index (χ1v) is 14.3. The Morgan fingerprint density at radius 2 is 1.19 bits per heavy atom. The normalized spacial score (nSPS) is 21.3. The van der Waals surface area contributed by atoms with Gasteiger partial charge in [-0.2, -0.15) is 0 Å². The third-order valence-electron chi connectivity index (χ3n) is 8.52. The van der Waals surface area contributed by atoms with E-state index in [0.29, 0.717) is 31.4 Å². The van der Waals surface area contributed by atoms with E-state index in [0.717, 1.165) is 22.3 Å². The van der Waals surface area contributed by atoms with Crippen LogP contribution >= 0.6 is 0 Å². The highest BCUT2D eigenvalue weighted by molar-refractivity contribution is 6.07. The van der Waals surface area contributed by atoms with Crippen LogP contribution in [0.5, 0.6) is 0 Å². The molecule has 3 aliphatic carbocycles. The lowest BCUT2D eigenvalue weighted by Gasteiger charge is -2.45. The fourth-order valence-electron chi connectivity index (χ4n) is 6.72. The molecule has 1 heterocycles. The summed E-state index contributed by atoms with van der Waals surface area (Å²) in [6, 6.07) is 24.7. The second kappa shape index (κ2) is 11.6. The van der Waals surface area contributed by atoms with E-state index in [-0.39, 0.29) is 41.9 Å². The Balaban J connectivity index is 0.960. The first-order chi connectivity index (χ1) is 20.5. The zero-order valence-corrected chi connectivity index (χ0v) is 23.0. The molecule has 2 atom stereocenters. The molecule has 0 unspecified atom stereocenters. The molecule has 1 saturated heterocycles. The summed E-state index contributed by atoms with van der Waals surface area (Å²) in [5, 5.41) is 0. The van der Waals surface area contributed by atoms with Crippen molar-refractivity contribution in [1.29, 1.82) is 0 Å². The number of likely N-dealkylation sites (tertiary alicyclic amines) is 1. The number of nitrogens with one attached hydrogen (secondary N) is 2. The third-order valence-corrected chi connectivity index (χ3v) is 8.52. The van der Waals surface area contributed by atoms with Gasteiger partial charge in [-0.05, 0) is 47.2 Å². The number of ether oxygens (including phenoxy) is 1. The van der Waals surface area contributed by atoms with E-state index in [9.17, 15) is 24.0 Å². The topological polar surface area (TPSA) is 122 Å². The number of amides is 4. The minimum Gasteiger partial charge on any atom is -0.455 e. The lowest BCUT2D eigenvalue weighted by atomic mass is 9.55. The van der Waals surface area contributed by atoms with Crippen LogP contribution < -0.4 is 10.9 Å². The summed E-state index contributed by atoms with van der Waals surface area (Å²) in [5.41, 5.74) is 9.46. The van der Waals surface area contributed by atoms with Gasteiger partial charge in [0.25, 0.3) is 11.8 Å². The predicted octanol–water partition coefficient (Wildman–Crippen LogP) is 3.44. The number of nitrogens with zero attached hydrogens (tertiary/aromatic N) is 1. The summed E-state index contributed by atoms with van der Waals surface area (Å²) < 4.78 is 4.99. The van der Waals surface area contributed by atoms with Gasteiger partial charge in [-0.25, -0.2) is 0 Å². The van der Waals surface area contributed by atoms with Crippen LogP contribution in [-0.2, 0) is 23.9 Å². The second-order valence-electron chi connectivity index (χ2n) is 10.9. The zero-order chi connectivity index (χ0) is 29.2. The first-order valence-electron chi connectivity index (χ1n) is 14.3. The Kier molecular flexibility index (Phi) is 7.56. The van der Waals surface area contributed by atoms with Gasteiger partial charge >= 0.3 is 5.97 Å². The molecule has 0 aromatic heterocycles. The molecule has 1 aliphatic heterocycles. The Bertz CT molecular complexity index is 1440. The van der Waals surface area contributed by atoms with Gasteiger partial charge in [-0.15, -0.1) is 0 Å². The predicted molar refractivity (Wildman–Crippen MR) is 152 cm³/mol. The molecule has 9 heteroatoms. The van der Waals surface area contributed by atoms with Crippen molar-refractivity contribution in [2.24, 2.45) is 11.8 Å². The summed E-state index contributed by atoms with van der Waals surface area (Å²) in [6.07, 6.45) is 1.79. The number of benzene rings is 3. The number of hydrogen-bond acceptors (Lipinski definition) is 6. The smallest absolute Gasteiger partial charge is 0.306 e. The highest BCUT2D eigenvalue weighted by Gasteiger charge is 2.61. The average molecular weight is 566 g/mol. The maximum absolute atomic E-state index is 13.6. The summed E-state index contributed by atoms with van der Waals surface area (Å²) in [5.74, 6) is -2.88. The average Bonchev–Trinajstić information content (AvgIpc) is 3.28. The summed E-state index contributed by atoms with van der Waals surface area (Å²) in [4.78, 5) is 64.6. The van der Waals surface area contributed by atoms with E-state index in [1.807, 2.05) is 24.3 Å². The zero-order valence-electron chi connectivity index (χ0n) is 23.0. The molecule has 3 aromatic carbocycles. The largest absolute Gasteiger partial charge is 0.455 e. The molecule has 9 nitrogen and oxygen atoms in total. The van der Waals surface area contributed by atoms with Crippen LogP contribution in [-0.4, -0.2) is 47.6 Å². The van der Waals surface area contributed by atoms with E-state index in [1.165, 1.54) is 4.90 Å². The fraction of sp³-hybridized carbons (Fsp3) is 0.303. The van der Waals surface area contributed by atoms with E-state index in [4.69, 9.17) is 4.74 Å². The van der Waals surface area contributed by atoms with Crippen molar-refractivity contribution in [1.82, 2.24) is 15.8 Å². The monoisotopic (exact) mass is 565 g/mol. The van der Waals surface area contributed by atoms with Crippen molar-refractivity contribution in [3.05, 3.63) is 107 Å². The first kappa shape index (κ1) is 27.4. The summed E-state index contributed by atoms with van der Waals surface area (Å²) in [7, 11) is 0. The molecule has 0 spiro atoms. The molecular formula is C33H31N3O6. The number of hydrazine groups is 1. The minimum atomic E-state index is -0.654. The number of imide groups is 1. The SMILES string of the molecule is O=C(COC(=O)CCCCCN1C(=O)[C@@H]2C3c4ccccc4C(c4ccccc43)[C@@H]2C1=O)NNC(=O)c1ccccc1. The van der Waals surface area contributed by atoms with Crippen molar-refractivity contribution in [3.63, 3.8) is 0 Å². The van der Waals surface area contributed by atoms with Crippen LogP contribution in [0.2, 0.25) is 0 Å². The van der Waals surface area contributed by atoms with Crippen LogP contribution in [0.1, 0.15) is 70.1 Å². The fourth-order valence-corrected chi connectivity index (χ4v) is 6.72. The molecule has 0 radical (unpaired) electrons. The quantitative estimate of drug-likeness (QED) is 0.177. The van der Waals surface area contributed by atoms with Crippen molar-refractivity contribution < 1.29 is 28.7 Å². The molecule has 4 amide bonds. The molecule has 2 bridgehead atoms. The van der Waals surface area contributed by atoms with Gasteiger partial charge in [0.1, 0.15) is 0 Å². The molecule has 2 N–H and O–H groups in total. The number of carbonyl (C=O) groups is 5. The molecule has 0 saturated carbocycles. The minimum absolute atomic E-state index is 0.103. The third kappa shape index (κ3) is 4.95. The van der Waals surface area contributed by atoms with Gasteiger partial charge < -0.3 is 4.74 Å². The van der Waals surface area contributed by atoms with E-state index in [1.54, 1.807) is 30.3 Å². The van der Waals surface area contributed by atoms with Crippen LogP contribution in [0.25, 0.3) is 0 Å². The van der Waals surface area contributed by atoms with Crippen molar-refractivity contribution in [2.45, 2.75) is 37.5 Å².